The van der Waals surface area contributed by atoms with Crippen molar-refractivity contribution in [1.82, 2.24) is 19.8 Å². The fourth-order valence-electron chi connectivity index (χ4n) is 4.02. The van der Waals surface area contributed by atoms with Crippen molar-refractivity contribution in [2.24, 2.45) is 0 Å². The van der Waals surface area contributed by atoms with Crippen LogP contribution in [0.5, 0.6) is 0 Å². The Morgan fingerprint density at radius 1 is 1.04 bits per heavy atom. The standard InChI is InChI=1S/C21H25N5O/c22-21-23-14-16(15-24-21)6-7-20(27)26-9-3-8-25(10-11-26)19-12-17-4-1-2-5-18(17)13-19/h1-2,4-7,14-15,19H,3,8-13H2,(H2,22,23,24)/b7-6+. The third kappa shape index (κ3) is 4.17. The van der Waals surface area contributed by atoms with E-state index in [1.807, 2.05) is 4.90 Å². The summed E-state index contributed by atoms with van der Waals surface area (Å²) < 4.78 is 0. The van der Waals surface area contributed by atoms with E-state index < -0.39 is 0 Å². The molecule has 0 unspecified atom stereocenters. The third-order valence-corrected chi connectivity index (χ3v) is 5.50. The van der Waals surface area contributed by atoms with Crippen molar-refractivity contribution in [3.05, 3.63) is 59.4 Å². The Hall–Kier alpha value is -2.73. The van der Waals surface area contributed by atoms with Gasteiger partial charge in [-0.25, -0.2) is 9.97 Å². The van der Waals surface area contributed by atoms with Gasteiger partial charge in [0.25, 0.3) is 0 Å². The van der Waals surface area contributed by atoms with E-state index in [1.165, 1.54) is 11.1 Å². The zero-order valence-electron chi connectivity index (χ0n) is 15.4. The third-order valence-electron chi connectivity index (χ3n) is 5.50. The van der Waals surface area contributed by atoms with Crippen molar-refractivity contribution in [1.29, 1.82) is 0 Å². The molecule has 0 saturated carbocycles. The first-order valence-corrected chi connectivity index (χ1v) is 9.54. The number of rotatable bonds is 3. The van der Waals surface area contributed by atoms with E-state index in [1.54, 1.807) is 24.5 Å². The molecule has 2 heterocycles. The number of nitrogen functional groups attached to an aromatic ring is 1. The Labute approximate surface area is 159 Å². The van der Waals surface area contributed by atoms with Gasteiger partial charge >= 0.3 is 0 Å². The molecule has 0 bridgehead atoms. The second kappa shape index (κ2) is 7.88. The number of carbonyl (C=O) groups is 1. The second-order valence-electron chi connectivity index (χ2n) is 7.25. The minimum atomic E-state index is 0.0448. The summed E-state index contributed by atoms with van der Waals surface area (Å²) in [6.45, 7) is 3.56. The van der Waals surface area contributed by atoms with E-state index in [4.69, 9.17) is 5.73 Å². The fraction of sp³-hybridized carbons (Fsp3) is 0.381. The highest BCUT2D eigenvalue weighted by molar-refractivity contribution is 5.91. The summed E-state index contributed by atoms with van der Waals surface area (Å²) in [4.78, 5) is 24.9. The van der Waals surface area contributed by atoms with Gasteiger partial charge in [-0.15, -0.1) is 0 Å². The predicted octanol–water partition coefficient (Wildman–Crippen LogP) is 1.77. The molecular weight excluding hydrogens is 338 g/mol. The molecule has 0 atom stereocenters. The largest absolute Gasteiger partial charge is 0.368 e. The average Bonchev–Trinajstić information content (AvgIpc) is 2.96. The quantitative estimate of drug-likeness (QED) is 0.841. The highest BCUT2D eigenvalue weighted by atomic mass is 16.2. The molecule has 1 aliphatic carbocycles. The molecule has 2 aromatic rings. The summed E-state index contributed by atoms with van der Waals surface area (Å²) in [7, 11) is 0. The van der Waals surface area contributed by atoms with E-state index in [0.29, 0.717) is 6.04 Å². The highest BCUT2D eigenvalue weighted by Gasteiger charge is 2.28. The van der Waals surface area contributed by atoms with E-state index in [-0.39, 0.29) is 11.9 Å². The lowest BCUT2D eigenvalue weighted by molar-refractivity contribution is -0.125. The molecule has 0 radical (unpaired) electrons. The summed E-state index contributed by atoms with van der Waals surface area (Å²) in [5.41, 5.74) is 9.22. The lowest BCUT2D eigenvalue weighted by atomic mass is 10.1. The van der Waals surface area contributed by atoms with E-state index in [2.05, 4.69) is 39.1 Å². The van der Waals surface area contributed by atoms with Crippen LogP contribution in [0.3, 0.4) is 0 Å². The summed E-state index contributed by atoms with van der Waals surface area (Å²) in [5, 5.41) is 0. The number of aromatic nitrogens is 2. The molecule has 27 heavy (non-hydrogen) atoms. The molecule has 1 aromatic carbocycles. The van der Waals surface area contributed by atoms with Crippen molar-refractivity contribution in [3.63, 3.8) is 0 Å². The van der Waals surface area contributed by atoms with Crippen LogP contribution in [0.1, 0.15) is 23.1 Å². The summed E-state index contributed by atoms with van der Waals surface area (Å²) >= 11 is 0. The van der Waals surface area contributed by atoms with Gasteiger partial charge in [-0.3, -0.25) is 9.69 Å². The molecule has 1 aromatic heterocycles. The zero-order chi connectivity index (χ0) is 18.6. The molecule has 1 amide bonds. The Morgan fingerprint density at radius 3 is 2.44 bits per heavy atom. The minimum Gasteiger partial charge on any atom is -0.368 e. The number of amides is 1. The Balaban J connectivity index is 1.33. The lowest BCUT2D eigenvalue weighted by Gasteiger charge is -2.27. The lowest BCUT2D eigenvalue weighted by Crippen LogP contribution is -2.39. The Kier molecular flexibility index (Phi) is 5.16. The second-order valence-corrected chi connectivity index (χ2v) is 7.25. The van der Waals surface area contributed by atoms with Crippen LogP contribution in [-0.4, -0.2) is 57.9 Å². The number of carbonyl (C=O) groups excluding carboxylic acids is 1. The van der Waals surface area contributed by atoms with Crippen LogP contribution in [0, 0.1) is 0 Å². The van der Waals surface area contributed by atoms with Gasteiger partial charge < -0.3 is 10.6 Å². The van der Waals surface area contributed by atoms with Crippen LogP contribution >= 0.6 is 0 Å². The van der Waals surface area contributed by atoms with Crippen LogP contribution in [0.25, 0.3) is 6.08 Å². The van der Waals surface area contributed by atoms with E-state index in [9.17, 15) is 4.79 Å². The van der Waals surface area contributed by atoms with Gasteiger partial charge in [0.1, 0.15) is 0 Å². The smallest absolute Gasteiger partial charge is 0.246 e. The molecule has 1 saturated heterocycles. The molecule has 1 fully saturated rings. The number of nitrogens with zero attached hydrogens (tertiary/aromatic N) is 4. The van der Waals surface area contributed by atoms with Crippen LogP contribution < -0.4 is 5.73 Å². The molecule has 2 N–H and O–H groups in total. The van der Waals surface area contributed by atoms with Gasteiger partial charge in [-0.1, -0.05) is 24.3 Å². The molecule has 140 valence electrons. The van der Waals surface area contributed by atoms with Gasteiger partial charge in [0, 0.05) is 56.3 Å². The van der Waals surface area contributed by atoms with E-state index in [0.717, 1.165) is 51.0 Å². The first-order valence-electron chi connectivity index (χ1n) is 9.54. The van der Waals surface area contributed by atoms with Gasteiger partial charge in [0.2, 0.25) is 11.9 Å². The van der Waals surface area contributed by atoms with Crippen molar-refractivity contribution < 1.29 is 4.79 Å². The van der Waals surface area contributed by atoms with Gasteiger partial charge in [-0.2, -0.15) is 0 Å². The number of anilines is 1. The highest BCUT2D eigenvalue weighted by Crippen LogP contribution is 2.26. The SMILES string of the molecule is Nc1ncc(/C=C/C(=O)N2CCCN(C3Cc4ccccc4C3)CC2)cn1. The first-order chi connectivity index (χ1) is 13.2. The molecular formula is C21H25N5O. The van der Waals surface area contributed by atoms with Gasteiger partial charge in [-0.05, 0) is 36.5 Å². The summed E-state index contributed by atoms with van der Waals surface area (Å²) in [6.07, 6.45) is 9.86. The zero-order valence-corrected chi connectivity index (χ0v) is 15.4. The van der Waals surface area contributed by atoms with Crippen molar-refractivity contribution >= 4 is 17.9 Å². The molecule has 4 rings (SSSR count). The maximum absolute atomic E-state index is 12.6. The molecule has 0 spiro atoms. The Bertz CT molecular complexity index is 808. The monoisotopic (exact) mass is 363 g/mol. The van der Waals surface area contributed by atoms with Crippen LogP contribution in [0.15, 0.2) is 42.7 Å². The molecule has 1 aliphatic heterocycles. The van der Waals surface area contributed by atoms with Gasteiger partial charge in [0.05, 0.1) is 0 Å². The number of nitrogens with two attached hydrogens (primary N) is 1. The van der Waals surface area contributed by atoms with Crippen molar-refractivity contribution in [3.8, 4) is 0 Å². The normalized spacial score (nSPS) is 18.6. The minimum absolute atomic E-state index is 0.0448. The first kappa shape index (κ1) is 17.7. The Morgan fingerprint density at radius 2 is 1.74 bits per heavy atom. The maximum Gasteiger partial charge on any atom is 0.246 e. The van der Waals surface area contributed by atoms with Crippen molar-refractivity contribution in [2.75, 3.05) is 31.9 Å². The molecule has 2 aliphatic rings. The number of benzene rings is 1. The topological polar surface area (TPSA) is 75.3 Å². The fourth-order valence-corrected chi connectivity index (χ4v) is 4.02. The predicted molar refractivity (Wildman–Crippen MR) is 106 cm³/mol. The van der Waals surface area contributed by atoms with Gasteiger partial charge in [0.15, 0.2) is 0 Å². The number of hydrogen-bond acceptors (Lipinski definition) is 5. The van der Waals surface area contributed by atoms with E-state index >= 15 is 0 Å². The number of fused-ring (bicyclic) bond motifs is 1. The van der Waals surface area contributed by atoms with Crippen molar-refractivity contribution in [2.45, 2.75) is 25.3 Å². The molecule has 6 nitrogen and oxygen atoms in total. The average molecular weight is 363 g/mol. The summed E-state index contributed by atoms with van der Waals surface area (Å²) in [5.74, 6) is 0.281. The van der Waals surface area contributed by atoms with Crippen LogP contribution in [0.2, 0.25) is 0 Å². The summed E-state index contributed by atoms with van der Waals surface area (Å²) in [6, 6.07) is 9.31. The number of hydrogen-bond donors (Lipinski definition) is 1. The molecule has 6 heteroatoms. The van der Waals surface area contributed by atoms with Crippen LogP contribution in [-0.2, 0) is 17.6 Å². The van der Waals surface area contributed by atoms with Crippen LogP contribution in [0.4, 0.5) is 5.95 Å². The maximum atomic E-state index is 12.6.